The van der Waals surface area contributed by atoms with Gasteiger partial charge in [0, 0.05) is 56.4 Å². The number of anilines is 1. The lowest BCUT2D eigenvalue weighted by atomic mass is 10.1. The number of nitrogens with zero attached hydrogens (tertiary/aromatic N) is 3. The summed E-state index contributed by atoms with van der Waals surface area (Å²) in [5.74, 6) is 2.79. The molecule has 0 spiro atoms. The van der Waals surface area contributed by atoms with Gasteiger partial charge in [0.2, 0.25) is 11.8 Å². The second kappa shape index (κ2) is 21.6. The molecule has 2 aromatic rings. The van der Waals surface area contributed by atoms with Crippen molar-refractivity contribution in [3.05, 3.63) is 54.1 Å². The first kappa shape index (κ1) is 40.0. The van der Waals surface area contributed by atoms with Crippen molar-refractivity contribution in [2.45, 2.75) is 58.1 Å². The minimum atomic E-state index is -0.724. The minimum Gasteiger partial charge on any atom is -0.444 e. The molecule has 2 rings (SSSR count). The number of amides is 4. The van der Waals surface area contributed by atoms with Crippen LogP contribution >= 0.6 is 21.6 Å². The van der Waals surface area contributed by atoms with Crippen LogP contribution in [0.3, 0.4) is 0 Å². The van der Waals surface area contributed by atoms with Gasteiger partial charge in [0.15, 0.2) is 0 Å². The Labute approximate surface area is 291 Å². The molecule has 0 radical (unpaired) electrons. The first-order valence-electron chi connectivity index (χ1n) is 15.7. The molecule has 0 bridgehead atoms. The second-order valence-electron chi connectivity index (χ2n) is 11.8. The maximum absolute atomic E-state index is 12.6. The number of benzene rings is 2. The van der Waals surface area contributed by atoms with Crippen molar-refractivity contribution >= 4 is 62.5 Å². The van der Waals surface area contributed by atoms with Crippen LogP contribution in [-0.2, 0) is 14.3 Å². The molecule has 48 heavy (non-hydrogen) atoms. The number of ether oxygens (including phenoxy) is 1. The predicted molar refractivity (Wildman–Crippen MR) is 195 cm³/mol. The molecule has 260 valence electrons. The van der Waals surface area contributed by atoms with Gasteiger partial charge in [-0.2, -0.15) is 10.2 Å². The predicted octanol–water partition coefficient (Wildman–Crippen LogP) is 5.60. The van der Waals surface area contributed by atoms with E-state index in [0.29, 0.717) is 55.1 Å². The van der Waals surface area contributed by atoms with E-state index >= 15 is 0 Å². The number of carbonyl (C=O) groups excluding carboxylic acids is 4. The molecule has 0 fully saturated rings. The summed E-state index contributed by atoms with van der Waals surface area (Å²) in [5.41, 5.74) is 2.41. The van der Waals surface area contributed by atoms with Crippen LogP contribution in [0.25, 0.3) is 0 Å². The molecule has 2 aromatic carbocycles. The number of rotatable bonds is 19. The molecular formula is C34H47N7O5S2. The van der Waals surface area contributed by atoms with Gasteiger partial charge in [0.1, 0.15) is 11.6 Å². The molecule has 1 unspecified atom stereocenters. The second-order valence-corrected chi connectivity index (χ2v) is 14.5. The minimum absolute atomic E-state index is 0.0683. The van der Waals surface area contributed by atoms with Crippen molar-refractivity contribution in [3.63, 3.8) is 0 Å². The molecule has 0 saturated carbocycles. The van der Waals surface area contributed by atoms with E-state index in [9.17, 15) is 19.2 Å². The summed E-state index contributed by atoms with van der Waals surface area (Å²) in [6.45, 7) is 6.29. The summed E-state index contributed by atoms with van der Waals surface area (Å²) >= 11 is 0. The Morgan fingerprint density at radius 3 is 2.10 bits per heavy atom. The third kappa shape index (κ3) is 17.1. The highest BCUT2D eigenvalue weighted by molar-refractivity contribution is 8.76. The van der Waals surface area contributed by atoms with Gasteiger partial charge >= 0.3 is 6.09 Å². The van der Waals surface area contributed by atoms with Crippen molar-refractivity contribution in [1.29, 1.82) is 0 Å². The lowest BCUT2D eigenvalue weighted by molar-refractivity contribution is -0.128. The Kier molecular flexibility index (Phi) is 18.0. The van der Waals surface area contributed by atoms with E-state index in [1.165, 1.54) is 10.8 Å². The van der Waals surface area contributed by atoms with Gasteiger partial charge in [-0.05, 0) is 88.6 Å². The molecule has 4 N–H and O–H groups in total. The number of hydrogen-bond acceptors (Lipinski definition) is 10. The van der Waals surface area contributed by atoms with E-state index in [-0.39, 0.29) is 30.7 Å². The van der Waals surface area contributed by atoms with Crippen LogP contribution in [0.5, 0.6) is 0 Å². The third-order valence-corrected chi connectivity index (χ3v) is 8.76. The van der Waals surface area contributed by atoms with Gasteiger partial charge in [-0.1, -0.05) is 27.5 Å². The fourth-order valence-corrected chi connectivity index (χ4v) is 5.84. The molecule has 1 atom stereocenters. The topological polar surface area (TPSA) is 154 Å². The highest BCUT2D eigenvalue weighted by Gasteiger charge is 2.20. The van der Waals surface area contributed by atoms with E-state index < -0.39 is 17.7 Å². The van der Waals surface area contributed by atoms with E-state index in [1.807, 2.05) is 43.3 Å². The Hall–Kier alpha value is -4.22. The van der Waals surface area contributed by atoms with Crippen LogP contribution in [-0.4, -0.2) is 80.7 Å². The van der Waals surface area contributed by atoms with Crippen molar-refractivity contribution in [2.75, 3.05) is 50.1 Å². The summed E-state index contributed by atoms with van der Waals surface area (Å²) < 4.78 is 5.21. The van der Waals surface area contributed by atoms with Gasteiger partial charge in [-0.3, -0.25) is 14.4 Å². The fourth-order valence-electron chi connectivity index (χ4n) is 3.95. The van der Waals surface area contributed by atoms with E-state index in [0.717, 1.165) is 11.4 Å². The van der Waals surface area contributed by atoms with Crippen molar-refractivity contribution in [1.82, 2.24) is 21.3 Å². The number of unbranched alkanes of at least 4 members (excludes halogenated alkanes) is 1. The Bertz CT molecular complexity index is 1390. The monoisotopic (exact) mass is 697 g/mol. The van der Waals surface area contributed by atoms with E-state index in [4.69, 9.17) is 11.2 Å². The SMILES string of the molecule is C#CCNC(=O)C(CCCCNC(=O)OC(C)(C)C)NC(=O)CCSSCCNC(=O)c1ccc(/N=N/c2ccc(N(C)C)cc2)cc1. The van der Waals surface area contributed by atoms with Crippen LogP contribution in [0.15, 0.2) is 58.8 Å². The van der Waals surface area contributed by atoms with Gasteiger partial charge in [-0.15, -0.1) is 6.42 Å². The highest BCUT2D eigenvalue weighted by Crippen LogP contribution is 2.23. The Morgan fingerprint density at radius 1 is 0.875 bits per heavy atom. The lowest BCUT2D eigenvalue weighted by Gasteiger charge is -2.20. The fraction of sp³-hybridized carbons (Fsp3) is 0.471. The summed E-state index contributed by atoms with van der Waals surface area (Å²) in [7, 11) is 7.02. The number of alkyl carbamates (subject to hydrolysis) is 1. The molecule has 0 saturated heterocycles. The zero-order valence-electron chi connectivity index (χ0n) is 28.3. The lowest BCUT2D eigenvalue weighted by Crippen LogP contribution is -2.47. The number of hydrogen-bond donors (Lipinski definition) is 4. The molecule has 0 aliphatic carbocycles. The van der Waals surface area contributed by atoms with E-state index in [1.54, 1.807) is 55.8 Å². The number of carbonyl (C=O) groups is 4. The van der Waals surface area contributed by atoms with Crippen molar-refractivity contribution < 1.29 is 23.9 Å². The van der Waals surface area contributed by atoms with Crippen molar-refractivity contribution in [3.8, 4) is 12.3 Å². The molecule has 14 heteroatoms. The molecule has 0 heterocycles. The molecule has 12 nitrogen and oxygen atoms in total. The number of terminal acetylenes is 1. The molecular weight excluding hydrogens is 651 g/mol. The van der Waals surface area contributed by atoms with Crippen molar-refractivity contribution in [2.24, 2.45) is 10.2 Å². The summed E-state index contributed by atoms with van der Waals surface area (Å²) in [6, 6.07) is 13.9. The number of nitrogens with one attached hydrogen (secondary N) is 4. The normalized spacial score (nSPS) is 11.7. The molecule has 0 aromatic heterocycles. The van der Waals surface area contributed by atoms with Gasteiger partial charge in [0.05, 0.1) is 17.9 Å². The third-order valence-electron chi connectivity index (χ3n) is 6.35. The molecule has 4 amide bonds. The van der Waals surface area contributed by atoms with Gasteiger partial charge in [-0.25, -0.2) is 4.79 Å². The smallest absolute Gasteiger partial charge is 0.407 e. The largest absolute Gasteiger partial charge is 0.444 e. The Balaban J connectivity index is 1.64. The van der Waals surface area contributed by atoms with E-state index in [2.05, 4.69) is 37.4 Å². The zero-order valence-corrected chi connectivity index (χ0v) is 30.0. The molecule has 0 aliphatic heterocycles. The van der Waals surface area contributed by atoms with Crippen LogP contribution in [0, 0.1) is 12.3 Å². The van der Waals surface area contributed by atoms with Crippen LogP contribution in [0.2, 0.25) is 0 Å². The van der Waals surface area contributed by atoms with Gasteiger partial charge in [0.25, 0.3) is 5.91 Å². The maximum atomic E-state index is 12.6. The van der Waals surface area contributed by atoms with Crippen LogP contribution in [0.1, 0.15) is 56.8 Å². The first-order chi connectivity index (χ1) is 22.9. The average Bonchev–Trinajstić information content (AvgIpc) is 3.04. The quantitative estimate of drug-likeness (QED) is 0.0641. The summed E-state index contributed by atoms with van der Waals surface area (Å²) in [4.78, 5) is 51.4. The summed E-state index contributed by atoms with van der Waals surface area (Å²) in [5, 5.41) is 19.5. The highest BCUT2D eigenvalue weighted by atomic mass is 33.1. The average molecular weight is 698 g/mol. The standard InChI is InChI=1S/C34H47N7O5S2/c1-7-20-35-32(44)29(10-8-9-21-37-33(45)46-34(2,3)4)38-30(42)19-23-47-48-24-22-36-31(43)25-11-13-26(14-12-25)39-40-27-15-17-28(18-16-27)41(5)6/h1,11-18,29H,8-10,19-24H2,2-6H3,(H,35,44)(H,36,43)(H,37,45)(H,38,42)/b40-39+. The van der Waals surface area contributed by atoms with Crippen LogP contribution < -0.4 is 26.2 Å². The molecule has 0 aliphatic rings. The maximum Gasteiger partial charge on any atom is 0.407 e. The summed E-state index contributed by atoms with van der Waals surface area (Å²) in [6.07, 6.45) is 6.60. The van der Waals surface area contributed by atoms with Crippen LogP contribution in [0.4, 0.5) is 21.9 Å². The number of azo groups is 1. The Morgan fingerprint density at radius 2 is 1.50 bits per heavy atom. The van der Waals surface area contributed by atoms with Gasteiger partial charge < -0.3 is 30.9 Å². The first-order valence-corrected chi connectivity index (χ1v) is 18.2. The zero-order chi connectivity index (χ0) is 35.4.